The minimum Gasteiger partial charge on any atom is -0.481 e. The van der Waals surface area contributed by atoms with Gasteiger partial charge in [-0.15, -0.1) is 0 Å². The number of carbonyl (C=O) groups excluding carboxylic acids is 1. The van der Waals surface area contributed by atoms with Crippen molar-refractivity contribution in [1.29, 1.82) is 0 Å². The topological polar surface area (TPSA) is 90.7 Å². The van der Waals surface area contributed by atoms with Gasteiger partial charge in [0.25, 0.3) is 5.91 Å². The molecule has 6 nitrogen and oxygen atoms in total. The summed E-state index contributed by atoms with van der Waals surface area (Å²) < 4.78 is 13.2. The molecule has 27 heavy (non-hydrogen) atoms. The number of aryl methyl sites for hydroxylation is 1. The zero-order valence-corrected chi connectivity index (χ0v) is 14.9. The summed E-state index contributed by atoms with van der Waals surface area (Å²) in [5.41, 5.74) is 0.197. The van der Waals surface area contributed by atoms with Crippen molar-refractivity contribution in [3.8, 4) is 0 Å². The van der Waals surface area contributed by atoms with Crippen LogP contribution in [0.5, 0.6) is 0 Å². The molecule has 0 unspecified atom stereocenters. The Morgan fingerprint density at radius 2 is 2.00 bits per heavy atom. The Balaban J connectivity index is 1.91. The minimum atomic E-state index is -1.55. The van der Waals surface area contributed by atoms with Crippen molar-refractivity contribution in [1.82, 2.24) is 9.88 Å². The fourth-order valence-electron chi connectivity index (χ4n) is 3.54. The molecule has 142 valence electrons. The quantitative estimate of drug-likeness (QED) is 0.857. The van der Waals surface area contributed by atoms with Crippen LogP contribution in [0.25, 0.3) is 0 Å². The number of rotatable bonds is 4. The Labute approximate surface area is 156 Å². The molecule has 1 aliphatic rings. The molecule has 1 saturated heterocycles. The van der Waals surface area contributed by atoms with Gasteiger partial charge in [0, 0.05) is 25.5 Å². The summed E-state index contributed by atoms with van der Waals surface area (Å²) in [7, 11) is 0. The highest BCUT2D eigenvalue weighted by atomic mass is 19.1. The van der Waals surface area contributed by atoms with E-state index in [1.165, 1.54) is 35.4 Å². The van der Waals surface area contributed by atoms with Gasteiger partial charge in [0.2, 0.25) is 0 Å². The van der Waals surface area contributed by atoms with Crippen LogP contribution in [0.2, 0.25) is 0 Å². The standard InChI is InChI=1S/C20H21FN2O4/c1-13-6-8-22-11-16(13)18(25)23-9-7-17(24)20(12-23,19(26)27)10-14-2-4-15(21)5-3-14/h2-6,8,11,17,24H,7,9-10,12H2,1H3,(H,26,27)/t17-,20-/m1/s1. The third-order valence-corrected chi connectivity index (χ3v) is 5.20. The van der Waals surface area contributed by atoms with Crippen molar-refractivity contribution >= 4 is 11.9 Å². The monoisotopic (exact) mass is 372 g/mol. The highest BCUT2D eigenvalue weighted by Gasteiger charge is 2.50. The van der Waals surface area contributed by atoms with Crippen LogP contribution < -0.4 is 0 Å². The van der Waals surface area contributed by atoms with Crippen molar-refractivity contribution in [2.75, 3.05) is 13.1 Å². The molecule has 0 spiro atoms. The summed E-state index contributed by atoms with van der Waals surface area (Å²) in [6, 6.07) is 7.22. The molecule has 0 saturated carbocycles. The van der Waals surface area contributed by atoms with Gasteiger partial charge in [-0.05, 0) is 49.1 Å². The Kier molecular flexibility index (Phi) is 5.23. The molecule has 0 radical (unpaired) electrons. The van der Waals surface area contributed by atoms with Crippen LogP contribution in [-0.4, -0.2) is 51.2 Å². The lowest BCUT2D eigenvalue weighted by Gasteiger charge is -2.43. The number of carbonyl (C=O) groups is 2. The smallest absolute Gasteiger partial charge is 0.314 e. The molecule has 0 aliphatic carbocycles. The van der Waals surface area contributed by atoms with Crippen LogP contribution in [0.1, 0.15) is 27.9 Å². The SMILES string of the molecule is Cc1ccncc1C(=O)N1CC[C@@H](O)[C@](Cc2ccc(F)cc2)(C(=O)O)C1. The van der Waals surface area contributed by atoms with Gasteiger partial charge in [-0.3, -0.25) is 14.6 Å². The van der Waals surface area contributed by atoms with E-state index in [1.54, 1.807) is 19.2 Å². The number of carboxylic acids is 1. The molecule has 0 bridgehead atoms. The Morgan fingerprint density at radius 3 is 2.63 bits per heavy atom. The van der Waals surface area contributed by atoms with Gasteiger partial charge < -0.3 is 15.1 Å². The number of carboxylic acid groups (broad SMARTS) is 1. The maximum atomic E-state index is 13.2. The summed E-state index contributed by atoms with van der Waals surface area (Å²) in [4.78, 5) is 30.5. The molecule has 3 rings (SSSR count). The number of piperidine rings is 1. The van der Waals surface area contributed by atoms with Gasteiger partial charge in [-0.25, -0.2) is 4.39 Å². The van der Waals surface area contributed by atoms with Gasteiger partial charge in [0.05, 0.1) is 11.7 Å². The van der Waals surface area contributed by atoms with E-state index in [9.17, 15) is 24.2 Å². The number of aliphatic carboxylic acids is 1. The summed E-state index contributed by atoms with van der Waals surface area (Å²) in [5.74, 6) is -1.91. The molecule has 1 amide bonds. The van der Waals surface area contributed by atoms with E-state index >= 15 is 0 Å². The van der Waals surface area contributed by atoms with E-state index in [1.807, 2.05) is 0 Å². The van der Waals surface area contributed by atoms with Crippen LogP contribution in [0.4, 0.5) is 4.39 Å². The zero-order chi connectivity index (χ0) is 19.6. The maximum absolute atomic E-state index is 13.2. The average Bonchev–Trinajstić information content (AvgIpc) is 2.65. The molecule has 2 N–H and O–H groups in total. The van der Waals surface area contributed by atoms with E-state index in [4.69, 9.17) is 0 Å². The van der Waals surface area contributed by atoms with Crippen molar-refractivity contribution in [2.45, 2.75) is 25.9 Å². The highest BCUT2D eigenvalue weighted by Crippen LogP contribution is 2.35. The molecule has 1 fully saturated rings. The van der Waals surface area contributed by atoms with Gasteiger partial charge in [-0.2, -0.15) is 0 Å². The molecule has 1 aliphatic heterocycles. The summed E-state index contributed by atoms with van der Waals surface area (Å²) in [6.07, 6.45) is 2.09. The number of aliphatic hydroxyl groups is 1. The van der Waals surface area contributed by atoms with Gasteiger partial charge in [0.15, 0.2) is 0 Å². The second-order valence-electron chi connectivity index (χ2n) is 6.99. The number of pyridine rings is 1. The third kappa shape index (κ3) is 3.68. The largest absolute Gasteiger partial charge is 0.481 e. The summed E-state index contributed by atoms with van der Waals surface area (Å²) in [6.45, 7) is 1.91. The normalized spacial score (nSPS) is 22.5. The fraction of sp³-hybridized carbons (Fsp3) is 0.350. The average molecular weight is 372 g/mol. The summed E-state index contributed by atoms with van der Waals surface area (Å²) in [5, 5.41) is 20.4. The first-order chi connectivity index (χ1) is 12.8. The zero-order valence-electron chi connectivity index (χ0n) is 14.9. The number of benzene rings is 1. The maximum Gasteiger partial charge on any atom is 0.314 e. The predicted octanol–water partition coefficient (Wildman–Crippen LogP) is 2.05. The van der Waals surface area contributed by atoms with Crippen LogP contribution in [0, 0.1) is 18.2 Å². The van der Waals surface area contributed by atoms with Gasteiger partial charge in [-0.1, -0.05) is 12.1 Å². The van der Waals surface area contributed by atoms with E-state index in [0.29, 0.717) is 11.1 Å². The first kappa shape index (κ1) is 19.0. The number of hydrogen-bond acceptors (Lipinski definition) is 4. The lowest BCUT2D eigenvalue weighted by Crippen LogP contribution is -2.58. The second-order valence-corrected chi connectivity index (χ2v) is 6.99. The first-order valence-corrected chi connectivity index (χ1v) is 8.69. The number of aromatic nitrogens is 1. The number of halogens is 1. The van der Waals surface area contributed by atoms with Crippen molar-refractivity contribution in [3.05, 3.63) is 65.2 Å². The number of likely N-dealkylation sites (tertiary alicyclic amines) is 1. The minimum absolute atomic E-state index is 0.000415. The molecule has 2 aromatic rings. The third-order valence-electron chi connectivity index (χ3n) is 5.20. The number of aliphatic hydroxyl groups excluding tert-OH is 1. The lowest BCUT2D eigenvalue weighted by atomic mass is 9.72. The summed E-state index contributed by atoms with van der Waals surface area (Å²) >= 11 is 0. The second kappa shape index (κ2) is 7.44. The van der Waals surface area contributed by atoms with Crippen molar-refractivity contribution < 1.29 is 24.2 Å². The lowest BCUT2D eigenvalue weighted by molar-refractivity contribution is -0.161. The van der Waals surface area contributed by atoms with Gasteiger partial charge >= 0.3 is 5.97 Å². The fourth-order valence-corrected chi connectivity index (χ4v) is 3.54. The van der Waals surface area contributed by atoms with Crippen molar-refractivity contribution in [3.63, 3.8) is 0 Å². The Bertz CT molecular complexity index is 855. The Hall–Kier alpha value is -2.80. The van der Waals surface area contributed by atoms with Crippen LogP contribution in [-0.2, 0) is 11.2 Å². The van der Waals surface area contributed by atoms with E-state index < -0.39 is 23.3 Å². The molecule has 1 aromatic carbocycles. The molecule has 2 heterocycles. The molecule has 7 heteroatoms. The molecule has 2 atom stereocenters. The molecular formula is C20H21FN2O4. The van der Waals surface area contributed by atoms with Crippen LogP contribution >= 0.6 is 0 Å². The molecular weight excluding hydrogens is 351 g/mol. The molecule has 1 aromatic heterocycles. The number of hydrogen-bond donors (Lipinski definition) is 2. The van der Waals surface area contributed by atoms with Crippen LogP contribution in [0.3, 0.4) is 0 Å². The predicted molar refractivity (Wildman–Crippen MR) is 95.7 cm³/mol. The number of amides is 1. The van der Waals surface area contributed by atoms with E-state index in [2.05, 4.69) is 4.98 Å². The van der Waals surface area contributed by atoms with Gasteiger partial charge in [0.1, 0.15) is 11.2 Å². The number of nitrogens with zero attached hydrogens (tertiary/aromatic N) is 2. The van der Waals surface area contributed by atoms with Crippen molar-refractivity contribution in [2.24, 2.45) is 5.41 Å². The van der Waals surface area contributed by atoms with Crippen LogP contribution in [0.15, 0.2) is 42.7 Å². The van der Waals surface area contributed by atoms with E-state index in [0.717, 1.165) is 5.56 Å². The van der Waals surface area contributed by atoms with E-state index in [-0.39, 0.29) is 31.8 Å². The first-order valence-electron chi connectivity index (χ1n) is 8.69. The Morgan fingerprint density at radius 1 is 1.30 bits per heavy atom. The highest BCUT2D eigenvalue weighted by molar-refractivity contribution is 5.95.